The number of nitrogens with zero attached hydrogens (tertiary/aromatic N) is 1. The first-order chi connectivity index (χ1) is 8.74. The summed E-state index contributed by atoms with van der Waals surface area (Å²) in [5.74, 6) is 0.932. The third-order valence-corrected chi connectivity index (χ3v) is 3.27. The fourth-order valence-electron chi connectivity index (χ4n) is 2.34. The van der Waals surface area contributed by atoms with Crippen LogP contribution < -0.4 is 10.5 Å². The van der Waals surface area contributed by atoms with Crippen molar-refractivity contribution in [2.24, 2.45) is 5.73 Å². The standard InChI is InChI=1S/C15H24N2O/c1-13(16)12-18-15-7-5-6-14(10-15)11-17-8-3-2-4-9-17/h5-7,10,13H,2-4,8-9,11-12,16H2,1H3. The van der Waals surface area contributed by atoms with Gasteiger partial charge in [-0.3, -0.25) is 4.90 Å². The first-order valence-electron chi connectivity index (χ1n) is 6.94. The Balaban J connectivity index is 1.89. The highest BCUT2D eigenvalue weighted by Crippen LogP contribution is 2.17. The molecule has 1 heterocycles. The summed E-state index contributed by atoms with van der Waals surface area (Å²) in [6, 6.07) is 8.46. The summed E-state index contributed by atoms with van der Waals surface area (Å²) in [4.78, 5) is 2.52. The van der Waals surface area contributed by atoms with Gasteiger partial charge in [0.15, 0.2) is 0 Å². The lowest BCUT2D eigenvalue weighted by Gasteiger charge is -2.26. The number of likely N-dealkylation sites (tertiary alicyclic amines) is 1. The molecule has 0 amide bonds. The maximum Gasteiger partial charge on any atom is 0.119 e. The van der Waals surface area contributed by atoms with Crippen LogP contribution in [0, 0.1) is 0 Å². The van der Waals surface area contributed by atoms with Crippen molar-refractivity contribution < 1.29 is 4.74 Å². The van der Waals surface area contributed by atoms with Gasteiger partial charge in [-0.05, 0) is 50.6 Å². The quantitative estimate of drug-likeness (QED) is 0.869. The Labute approximate surface area is 110 Å². The van der Waals surface area contributed by atoms with Crippen molar-refractivity contribution >= 4 is 0 Å². The Morgan fingerprint density at radius 2 is 2.06 bits per heavy atom. The largest absolute Gasteiger partial charge is 0.492 e. The lowest BCUT2D eigenvalue weighted by atomic mass is 10.1. The molecule has 2 rings (SSSR count). The van der Waals surface area contributed by atoms with Gasteiger partial charge in [0.1, 0.15) is 12.4 Å². The minimum absolute atomic E-state index is 0.0794. The molecule has 3 heteroatoms. The second kappa shape index (κ2) is 6.76. The zero-order chi connectivity index (χ0) is 12.8. The predicted octanol–water partition coefficient (Wildman–Crippen LogP) is 2.40. The summed E-state index contributed by atoms with van der Waals surface area (Å²) in [5, 5.41) is 0. The van der Waals surface area contributed by atoms with E-state index in [1.165, 1.54) is 37.9 Å². The molecule has 1 aliphatic heterocycles. The average molecular weight is 248 g/mol. The fourth-order valence-corrected chi connectivity index (χ4v) is 2.34. The summed E-state index contributed by atoms with van der Waals surface area (Å²) in [5.41, 5.74) is 7.03. The normalized spacial score (nSPS) is 18.6. The van der Waals surface area contributed by atoms with E-state index in [0.29, 0.717) is 6.61 Å². The number of hydrogen-bond acceptors (Lipinski definition) is 3. The smallest absolute Gasteiger partial charge is 0.119 e. The SMILES string of the molecule is CC(N)COc1cccc(CN2CCCCC2)c1. The van der Waals surface area contributed by atoms with E-state index in [2.05, 4.69) is 23.1 Å². The van der Waals surface area contributed by atoms with E-state index < -0.39 is 0 Å². The van der Waals surface area contributed by atoms with Crippen LogP contribution in [0.1, 0.15) is 31.7 Å². The van der Waals surface area contributed by atoms with Crippen molar-refractivity contribution in [1.82, 2.24) is 4.90 Å². The highest BCUT2D eigenvalue weighted by molar-refractivity contribution is 5.28. The number of piperidine rings is 1. The van der Waals surface area contributed by atoms with Crippen molar-refractivity contribution in [1.29, 1.82) is 0 Å². The topological polar surface area (TPSA) is 38.5 Å². The highest BCUT2D eigenvalue weighted by Gasteiger charge is 2.10. The predicted molar refractivity (Wildman–Crippen MR) is 74.7 cm³/mol. The van der Waals surface area contributed by atoms with Gasteiger partial charge in [0.2, 0.25) is 0 Å². The highest BCUT2D eigenvalue weighted by atomic mass is 16.5. The number of benzene rings is 1. The van der Waals surface area contributed by atoms with Gasteiger partial charge < -0.3 is 10.5 Å². The van der Waals surface area contributed by atoms with Gasteiger partial charge >= 0.3 is 0 Å². The van der Waals surface area contributed by atoms with Crippen LogP contribution in [0.3, 0.4) is 0 Å². The molecule has 1 unspecified atom stereocenters. The number of ether oxygens (including phenoxy) is 1. The second-order valence-corrected chi connectivity index (χ2v) is 5.27. The molecule has 0 aliphatic carbocycles. The maximum atomic E-state index is 5.69. The van der Waals surface area contributed by atoms with Gasteiger partial charge in [0, 0.05) is 12.6 Å². The van der Waals surface area contributed by atoms with Crippen LogP contribution in [0.25, 0.3) is 0 Å². The summed E-state index contributed by atoms with van der Waals surface area (Å²) in [6.45, 7) is 6.02. The van der Waals surface area contributed by atoms with Gasteiger partial charge in [-0.15, -0.1) is 0 Å². The third kappa shape index (κ3) is 4.31. The van der Waals surface area contributed by atoms with Crippen molar-refractivity contribution in [2.75, 3.05) is 19.7 Å². The Hall–Kier alpha value is -1.06. The molecule has 0 saturated carbocycles. The van der Waals surface area contributed by atoms with Crippen molar-refractivity contribution in [3.8, 4) is 5.75 Å². The molecule has 0 bridgehead atoms. The van der Waals surface area contributed by atoms with Crippen molar-refractivity contribution in [2.45, 2.75) is 38.8 Å². The Bertz CT molecular complexity index is 359. The molecule has 18 heavy (non-hydrogen) atoms. The number of nitrogens with two attached hydrogens (primary N) is 1. The summed E-state index contributed by atoms with van der Waals surface area (Å²) in [7, 11) is 0. The van der Waals surface area contributed by atoms with Crippen molar-refractivity contribution in [3.63, 3.8) is 0 Å². The lowest BCUT2D eigenvalue weighted by molar-refractivity contribution is 0.220. The molecule has 1 aliphatic rings. The first kappa shape index (κ1) is 13.4. The molecule has 1 fully saturated rings. The molecule has 100 valence electrons. The van der Waals surface area contributed by atoms with Gasteiger partial charge in [-0.25, -0.2) is 0 Å². The van der Waals surface area contributed by atoms with Gasteiger partial charge in [-0.2, -0.15) is 0 Å². The number of hydrogen-bond donors (Lipinski definition) is 1. The Morgan fingerprint density at radius 3 is 2.78 bits per heavy atom. The van der Waals surface area contributed by atoms with E-state index in [1.54, 1.807) is 0 Å². The monoisotopic (exact) mass is 248 g/mol. The maximum absolute atomic E-state index is 5.69. The molecule has 0 radical (unpaired) electrons. The van der Waals surface area contributed by atoms with Crippen LogP contribution >= 0.6 is 0 Å². The van der Waals surface area contributed by atoms with Crippen LogP contribution in [-0.2, 0) is 6.54 Å². The van der Waals surface area contributed by atoms with E-state index >= 15 is 0 Å². The zero-order valence-electron chi connectivity index (χ0n) is 11.3. The van der Waals surface area contributed by atoms with Crippen LogP contribution in [0.5, 0.6) is 5.75 Å². The van der Waals surface area contributed by atoms with Gasteiger partial charge in [-0.1, -0.05) is 18.6 Å². The summed E-state index contributed by atoms with van der Waals surface area (Å²) < 4.78 is 5.65. The Kier molecular flexibility index (Phi) is 5.02. The molecule has 2 N–H and O–H groups in total. The minimum atomic E-state index is 0.0794. The minimum Gasteiger partial charge on any atom is -0.492 e. The van der Waals surface area contributed by atoms with Crippen LogP contribution in [0.2, 0.25) is 0 Å². The second-order valence-electron chi connectivity index (χ2n) is 5.27. The Morgan fingerprint density at radius 1 is 1.28 bits per heavy atom. The number of rotatable bonds is 5. The lowest BCUT2D eigenvalue weighted by Crippen LogP contribution is -2.29. The third-order valence-electron chi connectivity index (χ3n) is 3.27. The molecule has 0 aromatic heterocycles. The summed E-state index contributed by atoms with van der Waals surface area (Å²) in [6.07, 6.45) is 4.05. The van der Waals surface area contributed by atoms with E-state index in [0.717, 1.165) is 12.3 Å². The molecule has 0 spiro atoms. The van der Waals surface area contributed by atoms with Gasteiger partial charge in [0.05, 0.1) is 0 Å². The zero-order valence-corrected chi connectivity index (χ0v) is 11.3. The van der Waals surface area contributed by atoms with E-state index in [4.69, 9.17) is 10.5 Å². The van der Waals surface area contributed by atoms with Gasteiger partial charge in [0.25, 0.3) is 0 Å². The molecule has 1 aromatic rings. The first-order valence-corrected chi connectivity index (χ1v) is 6.94. The molecular formula is C15H24N2O. The van der Waals surface area contributed by atoms with E-state index in [1.807, 2.05) is 13.0 Å². The van der Waals surface area contributed by atoms with E-state index in [-0.39, 0.29) is 6.04 Å². The fraction of sp³-hybridized carbons (Fsp3) is 0.600. The van der Waals surface area contributed by atoms with Crippen molar-refractivity contribution in [3.05, 3.63) is 29.8 Å². The molecule has 1 aromatic carbocycles. The van der Waals surface area contributed by atoms with Crippen LogP contribution in [-0.4, -0.2) is 30.6 Å². The summed E-state index contributed by atoms with van der Waals surface area (Å²) >= 11 is 0. The molecule has 1 saturated heterocycles. The molecule has 1 atom stereocenters. The van der Waals surface area contributed by atoms with Crippen LogP contribution in [0.15, 0.2) is 24.3 Å². The molecular weight excluding hydrogens is 224 g/mol. The average Bonchev–Trinajstić information content (AvgIpc) is 2.38. The van der Waals surface area contributed by atoms with Crippen LogP contribution in [0.4, 0.5) is 0 Å². The van der Waals surface area contributed by atoms with E-state index in [9.17, 15) is 0 Å². The molecule has 3 nitrogen and oxygen atoms in total.